The van der Waals surface area contributed by atoms with E-state index in [1.54, 1.807) is 47.1 Å². The summed E-state index contributed by atoms with van der Waals surface area (Å²) in [5.74, 6) is -3.23. The molecule has 3 aromatic carbocycles. The van der Waals surface area contributed by atoms with Crippen molar-refractivity contribution in [1.82, 2.24) is 60.1 Å². The molecule has 0 saturated carbocycles. The van der Waals surface area contributed by atoms with Gasteiger partial charge in [-0.15, -0.1) is 0 Å². The smallest absolute Gasteiger partial charge is 0.323 e. The number of rotatable bonds is 38. The maximum Gasteiger partial charge on any atom is 0.323 e. The van der Waals surface area contributed by atoms with E-state index in [-0.39, 0.29) is 77.2 Å². The standard InChI is InChI=1S/C65H93N13O15S/c1-7-76-24-22-74(5)23-25-77(28-29-78(27-26-76)45-59(81)82)44-58(80)72-54(39-49-14-12-46(2)13-15-49)63(85)67-19-10-31-91-34-36-92-35-33-90-30-9-18-66-57(79)11-8-32-93-51-37-47(3)61(48(4)38-51)94(88,89)73-55(64(86)87)42-70-62(84)53-43-75(6)56-40-50(16-17-52(56)60(53)83)41-71-65-68-20-21-69-65/h5,12-17,20-21,37-38,40,43,54-55,73H,7-11,18-19,22-36,39,41-42,44-45H2,1-4,6H3,(H,66,79)(H,67,85)(H,70,84)(H,72,80)(H,81,82)(H,86,87)(H2,68,69,71)/t54-,55?/m1/s1. The Hall–Kier alpha value is -7.87. The Kier molecular flexibility index (Phi) is 31.3. The average Bonchev–Trinajstić information content (AvgIpc) is 0.877. The van der Waals surface area contributed by atoms with Gasteiger partial charge in [0.15, 0.2) is 5.95 Å². The number of anilines is 1. The molecule has 1 aliphatic heterocycles. The van der Waals surface area contributed by atoms with E-state index in [1.807, 2.05) is 41.0 Å². The van der Waals surface area contributed by atoms with Gasteiger partial charge >= 0.3 is 11.9 Å². The average molecular weight is 1330 g/mol. The first kappa shape index (κ1) is 75.2. The molecule has 6 rings (SSSR count). The summed E-state index contributed by atoms with van der Waals surface area (Å²) >= 11 is 0. The number of aromatic amines is 1. The van der Waals surface area contributed by atoms with Gasteiger partial charge in [0.2, 0.25) is 33.2 Å². The molecule has 1 unspecified atom stereocenters. The lowest BCUT2D eigenvalue weighted by molar-refractivity contribution is -0.139. The normalized spacial score (nSPS) is 14.7. The van der Waals surface area contributed by atoms with Gasteiger partial charge < -0.3 is 70.2 Å². The third-order valence-corrected chi connectivity index (χ3v) is 17.4. The van der Waals surface area contributed by atoms with Gasteiger partial charge in [-0.25, -0.2) is 13.4 Å². The van der Waals surface area contributed by atoms with Gasteiger partial charge in [-0.05, 0) is 93.1 Å². The maximum absolute atomic E-state index is 13.7. The van der Waals surface area contributed by atoms with Crippen molar-refractivity contribution in [2.24, 2.45) is 7.05 Å². The lowest BCUT2D eigenvalue weighted by Crippen LogP contribution is -2.52. The highest BCUT2D eigenvalue weighted by Gasteiger charge is 2.30. The summed E-state index contributed by atoms with van der Waals surface area (Å²) in [4.78, 5) is 105. The predicted molar refractivity (Wildman–Crippen MR) is 353 cm³/mol. The number of likely N-dealkylation sites (N-methyl/N-ethyl adjacent to an activating group) is 1. The van der Waals surface area contributed by atoms with Gasteiger partial charge in [0.25, 0.3) is 5.91 Å². The van der Waals surface area contributed by atoms with E-state index >= 15 is 0 Å². The highest BCUT2D eigenvalue weighted by atomic mass is 32.2. The summed E-state index contributed by atoms with van der Waals surface area (Å²) in [5.41, 5.74) is 3.08. The molecule has 3 heterocycles. The van der Waals surface area contributed by atoms with E-state index in [2.05, 4.69) is 53.1 Å². The fourth-order valence-electron chi connectivity index (χ4n) is 10.4. The number of benzene rings is 3. The molecule has 29 heteroatoms. The maximum atomic E-state index is 13.7. The fraction of sp³-hybridized carbons (Fsp3) is 0.523. The van der Waals surface area contributed by atoms with Crippen LogP contribution in [0.2, 0.25) is 0 Å². The number of nitrogens with one attached hydrogen (secondary N) is 7. The van der Waals surface area contributed by atoms with Crippen LogP contribution in [0.15, 0.2) is 82.9 Å². The number of imidazole rings is 1. The molecular weight excluding hydrogens is 1230 g/mol. The number of aryl methyl sites for hydroxylation is 4. The highest BCUT2D eigenvalue weighted by molar-refractivity contribution is 7.89. The van der Waals surface area contributed by atoms with Crippen molar-refractivity contribution in [3.63, 3.8) is 0 Å². The minimum atomic E-state index is -4.46. The molecule has 4 amide bonds. The van der Waals surface area contributed by atoms with Crippen molar-refractivity contribution in [3.8, 4) is 5.75 Å². The Morgan fingerprint density at radius 3 is 1.95 bits per heavy atom. The Morgan fingerprint density at radius 1 is 0.713 bits per heavy atom. The zero-order valence-corrected chi connectivity index (χ0v) is 55.4. The molecule has 9 N–H and O–H groups in total. The second-order valence-corrected chi connectivity index (χ2v) is 24.7. The second-order valence-electron chi connectivity index (χ2n) is 23.1. The van der Waals surface area contributed by atoms with Crippen LogP contribution >= 0.6 is 0 Å². The molecule has 1 aliphatic rings. The SMILES string of the molecule is [CH]N1CCN(CC)CCN(CC(=O)O)CCN(CC(=O)N[C@H](Cc2ccc(C)cc2)C(=O)NCCCOCCOCCOCCCNC(=O)CCCOc2cc(C)c(S(=O)(=O)NC(CNC(=O)c3cn(C)c4cc(CNc5ncc[nH]5)ccc4c3=O)C(=O)O)c(C)c2)CC1. The van der Waals surface area contributed by atoms with Crippen molar-refractivity contribution in [2.75, 3.05) is 143 Å². The summed E-state index contributed by atoms with van der Waals surface area (Å²) < 4.78 is 53.9. The van der Waals surface area contributed by atoms with Gasteiger partial charge in [-0.2, -0.15) is 4.72 Å². The number of carboxylic acid groups (broad SMARTS) is 2. The van der Waals surface area contributed by atoms with Crippen LogP contribution in [0, 0.1) is 27.8 Å². The van der Waals surface area contributed by atoms with Crippen molar-refractivity contribution in [2.45, 2.75) is 83.3 Å². The number of fused-ring (bicyclic) bond motifs is 1. The van der Waals surface area contributed by atoms with Crippen LogP contribution in [0.3, 0.4) is 0 Å². The predicted octanol–water partition coefficient (Wildman–Crippen LogP) is 1.90. The third-order valence-electron chi connectivity index (χ3n) is 15.6. The van der Waals surface area contributed by atoms with Gasteiger partial charge in [-0.3, -0.25) is 48.3 Å². The van der Waals surface area contributed by atoms with Crippen LogP contribution in [0.4, 0.5) is 5.95 Å². The van der Waals surface area contributed by atoms with Crippen LogP contribution in [0.1, 0.15) is 70.8 Å². The summed E-state index contributed by atoms with van der Waals surface area (Å²) in [6.45, 7) is 15.2. The number of aromatic nitrogens is 3. The monoisotopic (exact) mass is 1330 g/mol. The van der Waals surface area contributed by atoms with Crippen LogP contribution < -0.4 is 41.5 Å². The van der Waals surface area contributed by atoms with Crippen LogP contribution in [-0.2, 0) is 68.2 Å². The van der Waals surface area contributed by atoms with Crippen LogP contribution in [0.25, 0.3) is 10.9 Å². The van der Waals surface area contributed by atoms with Crippen LogP contribution in [0.5, 0.6) is 5.75 Å². The number of amides is 4. The largest absolute Gasteiger partial charge is 0.494 e. The van der Waals surface area contributed by atoms with E-state index in [4.69, 9.17) is 26.0 Å². The molecule has 0 spiro atoms. The number of carboxylic acids is 2. The molecule has 2 atom stereocenters. The molecular formula is C65H93N13O15S. The van der Waals surface area contributed by atoms with Crippen molar-refractivity contribution in [1.29, 1.82) is 0 Å². The number of hydrogen-bond donors (Lipinski definition) is 9. The molecule has 2 radical (unpaired) electrons. The molecule has 514 valence electrons. The number of carbonyl (C=O) groups is 6. The molecule has 1 fully saturated rings. The number of sulfonamides is 1. The first-order valence-electron chi connectivity index (χ1n) is 31.7. The Morgan fingerprint density at radius 2 is 1.32 bits per heavy atom. The number of ether oxygens (including phenoxy) is 4. The van der Waals surface area contributed by atoms with Gasteiger partial charge in [0, 0.05) is 143 Å². The van der Waals surface area contributed by atoms with Crippen molar-refractivity contribution < 1.29 is 66.3 Å². The first-order chi connectivity index (χ1) is 45.1. The fourth-order valence-corrected chi connectivity index (χ4v) is 12.1. The van der Waals surface area contributed by atoms with Crippen LogP contribution in [-0.4, -0.2) is 238 Å². The van der Waals surface area contributed by atoms with Gasteiger partial charge in [0.05, 0.1) is 56.5 Å². The molecule has 0 bridgehead atoms. The third kappa shape index (κ3) is 25.8. The number of aliphatic carboxylic acids is 2. The molecule has 2 aromatic heterocycles. The van der Waals surface area contributed by atoms with Gasteiger partial charge in [0.1, 0.15) is 23.4 Å². The van der Waals surface area contributed by atoms with Crippen molar-refractivity contribution in [3.05, 3.63) is 124 Å². The Bertz CT molecular complexity index is 3400. The topological polar surface area (TPSA) is 350 Å². The lowest BCUT2D eigenvalue weighted by Gasteiger charge is -2.32. The summed E-state index contributed by atoms with van der Waals surface area (Å²) in [6.07, 6.45) is 6.58. The number of hydrogen-bond acceptors (Lipinski definition) is 19. The lowest BCUT2D eigenvalue weighted by atomic mass is 10.0. The summed E-state index contributed by atoms with van der Waals surface area (Å²) in [6, 6.07) is 13.3. The zero-order valence-electron chi connectivity index (χ0n) is 54.5. The molecule has 0 aliphatic carbocycles. The summed E-state index contributed by atoms with van der Waals surface area (Å²) in [5, 5.41) is 34.1. The Labute approximate surface area is 549 Å². The second kappa shape index (κ2) is 39.1. The quantitative estimate of drug-likeness (QED) is 0.0255. The first-order valence-corrected chi connectivity index (χ1v) is 33.2. The molecule has 5 aromatic rings. The number of carbonyl (C=O) groups excluding carboxylic acids is 4. The van der Waals surface area contributed by atoms with E-state index < -0.39 is 51.9 Å². The van der Waals surface area contributed by atoms with E-state index in [0.29, 0.717) is 142 Å². The summed E-state index contributed by atoms with van der Waals surface area (Å²) in [7, 11) is 3.52. The molecule has 1 saturated heterocycles. The van der Waals surface area contributed by atoms with E-state index in [9.17, 15) is 52.2 Å². The number of H-pyrrole nitrogens is 1. The van der Waals surface area contributed by atoms with E-state index in [0.717, 1.165) is 29.8 Å². The molecule has 28 nitrogen and oxygen atoms in total. The number of nitrogens with zero attached hydrogens (tertiary/aromatic N) is 6. The highest BCUT2D eigenvalue weighted by Crippen LogP contribution is 2.26. The molecule has 94 heavy (non-hydrogen) atoms. The number of pyridine rings is 1. The zero-order chi connectivity index (χ0) is 68.0. The van der Waals surface area contributed by atoms with Crippen molar-refractivity contribution >= 4 is 62.4 Å². The van der Waals surface area contributed by atoms with Gasteiger partial charge in [-0.1, -0.05) is 42.8 Å². The minimum absolute atomic E-state index is 0.00972. The van der Waals surface area contributed by atoms with E-state index in [1.165, 1.54) is 32.2 Å². The Balaban J connectivity index is 0.805. The minimum Gasteiger partial charge on any atom is -0.494 e.